The van der Waals surface area contributed by atoms with Gasteiger partial charge in [-0.15, -0.1) is 6.58 Å². The van der Waals surface area contributed by atoms with Gasteiger partial charge in [-0.1, -0.05) is 31.6 Å². The molecular formula is C16H25NO. The van der Waals surface area contributed by atoms with Crippen molar-refractivity contribution in [3.05, 3.63) is 42.0 Å². The van der Waals surface area contributed by atoms with Gasteiger partial charge >= 0.3 is 0 Å². The van der Waals surface area contributed by atoms with E-state index >= 15 is 0 Å². The minimum absolute atomic E-state index is 0.681. The second kappa shape index (κ2) is 7.93. The van der Waals surface area contributed by atoms with Crippen LogP contribution in [0.15, 0.2) is 36.4 Å². The summed E-state index contributed by atoms with van der Waals surface area (Å²) in [6.45, 7) is 13.0. The van der Waals surface area contributed by atoms with Gasteiger partial charge in [-0.3, -0.25) is 0 Å². The van der Waals surface area contributed by atoms with Crippen molar-refractivity contribution in [1.82, 2.24) is 5.32 Å². The third-order valence-corrected chi connectivity index (χ3v) is 2.58. The number of benzene rings is 1. The van der Waals surface area contributed by atoms with Crippen molar-refractivity contribution in [2.45, 2.75) is 33.7 Å². The molecule has 0 unspecified atom stereocenters. The van der Waals surface area contributed by atoms with E-state index in [1.165, 1.54) is 5.56 Å². The molecule has 0 aliphatic carbocycles. The van der Waals surface area contributed by atoms with Gasteiger partial charge in [-0.2, -0.15) is 0 Å². The van der Waals surface area contributed by atoms with Crippen molar-refractivity contribution in [2.24, 2.45) is 5.92 Å². The lowest BCUT2D eigenvalue weighted by molar-refractivity contribution is 0.321. The summed E-state index contributed by atoms with van der Waals surface area (Å²) in [4.78, 5) is 0. The second-order valence-electron chi connectivity index (χ2n) is 5.23. The Morgan fingerprint density at radius 2 is 2.17 bits per heavy atom. The minimum Gasteiger partial charge on any atom is -0.493 e. The van der Waals surface area contributed by atoms with Crippen LogP contribution in [0.25, 0.3) is 0 Å². The maximum atomic E-state index is 5.70. The summed E-state index contributed by atoms with van der Waals surface area (Å²) in [5.41, 5.74) is 2.42. The SMILES string of the molecule is C=C(C)CCOc1cccc(CNCC(C)C)c1. The van der Waals surface area contributed by atoms with Crippen LogP contribution >= 0.6 is 0 Å². The largest absolute Gasteiger partial charge is 0.493 e. The number of rotatable bonds is 8. The zero-order valence-electron chi connectivity index (χ0n) is 11.8. The first-order chi connectivity index (χ1) is 8.58. The van der Waals surface area contributed by atoms with Crippen LogP contribution in [0.2, 0.25) is 0 Å². The zero-order chi connectivity index (χ0) is 13.4. The molecule has 0 radical (unpaired) electrons. The number of hydrogen-bond donors (Lipinski definition) is 1. The molecule has 2 nitrogen and oxygen atoms in total. The van der Waals surface area contributed by atoms with Gasteiger partial charge < -0.3 is 10.1 Å². The van der Waals surface area contributed by atoms with Crippen molar-refractivity contribution in [2.75, 3.05) is 13.2 Å². The van der Waals surface area contributed by atoms with Gasteiger partial charge in [0.25, 0.3) is 0 Å². The van der Waals surface area contributed by atoms with Crippen LogP contribution in [0.3, 0.4) is 0 Å². The highest BCUT2D eigenvalue weighted by molar-refractivity contribution is 5.28. The van der Waals surface area contributed by atoms with Gasteiger partial charge in [0, 0.05) is 13.0 Å². The van der Waals surface area contributed by atoms with Crippen LogP contribution in [-0.4, -0.2) is 13.2 Å². The van der Waals surface area contributed by atoms with Crippen LogP contribution in [0.1, 0.15) is 32.8 Å². The molecule has 0 saturated carbocycles. The maximum Gasteiger partial charge on any atom is 0.119 e. The van der Waals surface area contributed by atoms with Crippen molar-refractivity contribution in [3.8, 4) is 5.75 Å². The molecule has 0 atom stereocenters. The first-order valence-electron chi connectivity index (χ1n) is 6.64. The van der Waals surface area contributed by atoms with Crippen LogP contribution < -0.4 is 10.1 Å². The number of hydrogen-bond acceptors (Lipinski definition) is 2. The topological polar surface area (TPSA) is 21.3 Å². The van der Waals surface area contributed by atoms with E-state index in [9.17, 15) is 0 Å². The Balaban J connectivity index is 2.39. The fourth-order valence-corrected chi connectivity index (χ4v) is 1.59. The van der Waals surface area contributed by atoms with Gasteiger partial charge in [-0.05, 0) is 37.1 Å². The Morgan fingerprint density at radius 3 is 2.83 bits per heavy atom. The van der Waals surface area contributed by atoms with E-state index in [2.05, 4.69) is 37.9 Å². The molecule has 0 heterocycles. The Bertz CT molecular complexity index is 371. The highest BCUT2D eigenvalue weighted by atomic mass is 16.5. The molecule has 0 aliphatic rings. The monoisotopic (exact) mass is 247 g/mol. The highest BCUT2D eigenvalue weighted by Crippen LogP contribution is 2.14. The Morgan fingerprint density at radius 1 is 1.39 bits per heavy atom. The van der Waals surface area contributed by atoms with E-state index in [-0.39, 0.29) is 0 Å². The average molecular weight is 247 g/mol. The van der Waals surface area contributed by atoms with E-state index in [1.807, 2.05) is 19.1 Å². The minimum atomic E-state index is 0.681. The molecule has 0 bridgehead atoms. The fourth-order valence-electron chi connectivity index (χ4n) is 1.59. The molecule has 0 saturated heterocycles. The van der Waals surface area contributed by atoms with Gasteiger partial charge in [0.2, 0.25) is 0 Å². The molecule has 1 aromatic carbocycles. The summed E-state index contributed by atoms with van der Waals surface area (Å²) < 4.78 is 5.70. The predicted molar refractivity (Wildman–Crippen MR) is 77.9 cm³/mol. The van der Waals surface area contributed by atoms with E-state index in [0.717, 1.165) is 30.8 Å². The number of ether oxygens (including phenoxy) is 1. The van der Waals surface area contributed by atoms with Gasteiger partial charge in [-0.25, -0.2) is 0 Å². The van der Waals surface area contributed by atoms with Crippen molar-refractivity contribution < 1.29 is 4.74 Å². The summed E-state index contributed by atoms with van der Waals surface area (Å²) >= 11 is 0. The summed E-state index contributed by atoms with van der Waals surface area (Å²) in [5.74, 6) is 1.63. The molecule has 0 fully saturated rings. The molecule has 100 valence electrons. The Kier molecular flexibility index (Phi) is 6.51. The van der Waals surface area contributed by atoms with Crippen LogP contribution in [0.4, 0.5) is 0 Å². The third-order valence-electron chi connectivity index (χ3n) is 2.58. The third kappa shape index (κ3) is 6.45. The Hall–Kier alpha value is -1.28. The highest BCUT2D eigenvalue weighted by Gasteiger charge is 1.98. The average Bonchev–Trinajstić information content (AvgIpc) is 2.28. The molecule has 0 aromatic heterocycles. The standard InChI is InChI=1S/C16H25NO/c1-13(2)8-9-18-16-7-5-6-15(10-16)12-17-11-14(3)4/h5-7,10,14,17H,1,8-9,11-12H2,2-4H3. The van der Waals surface area contributed by atoms with Crippen molar-refractivity contribution in [1.29, 1.82) is 0 Å². The molecule has 0 spiro atoms. The van der Waals surface area contributed by atoms with E-state index in [0.29, 0.717) is 12.5 Å². The molecule has 0 amide bonds. The van der Waals surface area contributed by atoms with Gasteiger partial charge in [0.15, 0.2) is 0 Å². The normalized spacial score (nSPS) is 10.7. The zero-order valence-corrected chi connectivity index (χ0v) is 11.8. The predicted octanol–water partition coefficient (Wildman–Crippen LogP) is 3.78. The Labute approximate surface area is 111 Å². The lowest BCUT2D eigenvalue weighted by Gasteiger charge is -2.10. The van der Waals surface area contributed by atoms with E-state index < -0.39 is 0 Å². The van der Waals surface area contributed by atoms with E-state index in [4.69, 9.17) is 4.74 Å². The van der Waals surface area contributed by atoms with Crippen LogP contribution in [-0.2, 0) is 6.54 Å². The van der Waals surface area contributed by atoms with Crippen molar-refractivity contribution >= 4 is 0 Å². The van der Waals surface area contributed by atoms with Crippen LogP contribution in [0.5, 0.6) is 5.75 Å². The molecular weight excluding hydrogens is 222 g/mol. The second-order valence-corrected chi connectivity index (χ2v) is 5.23. The van der Waals surface area contributed by atoms with E-state index in [1.54, 1.807) is 0 Å². The lowest BCUT2D eigenvalue weighted by Crippen LogP contribution is -2.18. The van der Waals surface area contributed by atoms with Gasteiger partial charge in [0.1, 0.15) is 5.75 Å². The molecule has 1 aromatic rings. The van der Waals surface area contributed by atoms with Gasteiger partial charge in [0.05, 0.1) is 6.61 Å². The first-order valence-corrected chi connectivity index (χ1v) is 6.64. The number of nitrogens with one attached hydrogen (secondary N) is 1. The lowest BCUT2D eigenvalue weighted by atomic mass is 10.2. The summed E-state index contributed by atoms with van der Waals surface area (Å²) in [5, 5.41) is 3.43. The molecule has 2 heteroatoms. The molecule has 1 rings (SSSR count). The van der Waals surface area contributed by atoms with Crippen LogP contribution in [0, 0.1) is 5.92 Å². The summed E-state index contributed by atoms with van der Waals surface area (Å²) in [6.07, 6.45) is 0.913. The quantitative estimate of drug-likeness (QED) is 0.706. The smallest absolute Gasteiger partial charge is 0.119 e. The fraction of sp³-hybridized carbons (Fsp3) is 0.500. The summed E-state index contributed by atoms with van der Waals surface area (Å²) in [6, 6.07) is 8.28. The molecule has 18 heavy (non-hydrogen) atoms. The molecule has 1 N–H and O–H groups in total. The van der Waals surface area contributed by atoms with Crippen molar-refractivity contribution in [3.63, 3.8) is 0 Å². The molecule has 0 aliphatic heterocycles. The summed E-state index contributed by atoms with van der Waals surface area (Å²) in [7, 11) is 0. The maximum absolute atomic E-state index is 5.70. The first kappa shape index (κ1) is 14.8.